The van der Waals surface area contributed by atoms with Gasteiger partial charge in [0.1, 0.15) is 11.4 Å². The molecule has 1 saturated heterocycles. The quantitative estimate of drug-likeness (QED) is 0.604. The van der Waals surface area contributed by atoms with Crippen LogP contribution in [0.1, 0.15) is 12.0 Å². The lowest BCUT2D eigenvalue weighted by atomic mass is 10.1. The number of carbonyl (C=O) groups excluding carboxylic acids is 1. The van der Waals surface area contributed by atoms with Crippen molar-refractivity contribution in [3.8, 4) is 0 Å². The third kappa shape index (κ3) is 2.68. The van der Waals surface area contributed by atoms with E-state index >= 15 is 0 Å². The maximum absolute atomic E-state index is 13.4. The molecular formula is C12H10ClF4NO. The highest BCUT2D eigenvalue weighted by molar-refractivity contribution is 6.18. The van der Waals surface area contributed by atoms with Crippen molar-refractivity contribution in [3.05, 3.63) is 29.6 Å². The van der Waals surface area contributed by atoms with E-state index in [0.29, 0.717) is 0 Å². The molecule has 0 N–H and O–H groups in total. The second-order valence-corrected chi connectivity index (χ2v) is 4.67. The Morgan fingerprint density at radius 3 is 2.58 bits per heavy atom. The molecule has 1 fully saturated rings. The summed E-state index contributed by atoms with van der Waals surface area (Å²) >= 11 is 5.61. The van der Waals surface area contributed by atoms with Crippen molar-refractivity contribution in [3.63, 3.8) is 0 Å². The van der Waals surface area contributed by atoms with Gasteiger partial charge in [0, 0.05) is 18.8 Å². The Balaban J connectivity index is 2.46. The molecule has 0 aliphatic carbocycles. The molecular weight excluding hydrogens is 286 g/mol. The van der Waals surface area contributed by atoms with Crippen LogP contribution in [0.15, 0.2) is 18.2 Å². The van der Waals surface area contributed by atoms with Gasteiger partial charge in [0.25, 0.3) is 0 Å². The Kier molecular flexibility index (Phi) is 3.71. The van der Waals surface area contributed by atoms with Crippen LogP contribution in [-0.2, 0) is 11.0 Å². The second-order valence-electron chi connectivity index (χ2n) is 4.36. The number of hydrogen-bond donors (Lipinski definition) is 0. The molecule has 1 unspecified atom stereocenters. The molecule has 0 spiro atoms. The normalized spacial score (nSPS) is 20.2. The van der Waals surface area contributed by atoms with Gasteiger partial charge in [-0.15, -0.1) is 11.6 Å². The number of anilines is 1. The summed E-state index contributed by atoms with van der Waals surface area (Å²) in [5, 5.41) is 0. The van der Waals surface area contributed by atoms with Crippen molar-refractivity contribution in [2.45, 2.75) is 12.6 Å². The minimum absolute atomic E-state index is 0.0782. The molecule has 2 nitrogen and oxygen atoms in total. The van der Waals surface area contributed by atoms with Gasteiger partial charge in [-0.2, -0.15) is 13.2 Å². The zero-order valence-corrected chi connectivity index (χ0v) is 10.4. The fourth-order valence-electron chi connectivity index (χ4n) is 2.14. The van der Waals surface area contributed by atoms with Crippen molar-refractivity contribution in [1.29, 1.82) is 0 Å². The summed E-state index contributed by atoms with van der Waals surface area (Å²) in [7, 11) is 0. The van der Waals surface area contributed by atoms with E-state index in [2.05, 4.69) is 0 Å². The molecule has 1 heterocycles. The zero-order valence-electron chi connectivity index (χ0n) is 9.68. The Morgan fingerprint density at radius 2 is 2.05 bits per heavy atom. The third-order valence-corrected chi connectivity index (χ3v) is 3.43. The Bertz CT molecular complexity index is 503. The van der Waals surface area contributed by atoms with Crippen LogP contribution in [0.2, 0.25) is 0 Å². The lowest BCUT2D eigenvalue weighted by molar-refractivity contribution is -0.139. The molecule has 1 aromatic rings. The highest BCUT2D eigenvalue weighted by atomic mass is 35.5. The van der Waals surface area contributed by atoms with E-state index in [1.807, 2.05) is 0 Å². The van der Waals surface area contributed by atoms with Gasteiger partial charge >= 0.3 is 6.18 Å². The van der Waals surface area contributed by atoms with Crippen LogP contribution in [0.25, 0.3) is 0 Å². The van der Waals surface area contributed by atoms with Crippen LogP contribution < -0.4 is 4.90 Å². The van der Waals surface area contributed by atoms with Crippen LogP contribution in [0.5, 0.6) is 0 Å². The average Bonchev–Trinajstić information content (AvgIpc) is 2.68. The molecule has 1 aliphatic rings. The fourth-order valence-corrected chi connectivity index (χ4v) is 2.34. The summed E-state index contributed by atoms with van der Waals surface area (Å²) in [5.74, 6) is -1.88. The van der Waals surface area contributed by atoms with E-state index in [4.69, 9.17) is 11.6 Å². The Labute approximate surface area is 112 Å². The number of halogens is 5. The first-order valence-electron chi connectivity index (χ1n) is 5.56. The summed E-state index contributed by atoms with van der Waals surface area (Å²) < 4.78 is 52.0. The molecule has 1 amide bonds. The van der Waals surface area contributed by atoms with Crippen LogP contribution in [-0.4, -0.2) is 18.3 Å². The van der Waals surface area contributed by atoms with Crippen molar-refractivity contribution in [2.75, 3.05) is 17.3 Å². The first kappa shape index (κ1) is 14.1. The van der Waals surface area contributed by atoms with E-state index in [1.165, 1.54) is 0 Å². The zero-order chi connectivity index (χ0) is 14.2. The van der Waals surface area contributed by atoms with Crippen molar-refractivity contribution >= 4 is 23.2 Å². The topological polar surface area (TPSA) is 20.3 Å². The van der Waals surface area contributed by atoms with Gasteiger partial charge in [-0.25, -0.2) is 4.39 Å². The fraction of sp³-hybridized carbons (Fsp3) is 0.417. The van der Waals surface area contributed by atoms with Gasteiger partial charge in [0.15, 0.2) is 0 Å². The summed E-state index contributed by atoms with van der Waals surface area (Å²) in [6, 6.07) is 2.98. The second kappa shape index (κ2) is 5.00. The number of hydrogen-bond acceptors (Lipinski definition) is 1. The minimum Gasteiger partial charge on any atom is -0.311 e. The molecule has 1 aromatic carbocycles. The SMILES string of the molecule is O=C1CC(CCl)CN1c1cccc(F)c1C(F)(F)F. The summed E-state index contributed by atoms with van der Waals surface area (Å²) in [5.41, 5.74) is -1.84. The highest BCUT2D eigenvalue weighted by Crippen LogP contribution is 2.40. The maximum Gasteiger partial charge on any atom is 0.421 e. The van der Waals surface area contributed by atoms with Crippen LogP contribution in [0.4, 0.5) is 23.2 Å². The maximum atomic E-state index is 13.4. The largest absolute Gasteiger partial charge is 0.421 e. The number of amides is 1. The minimum atomic E-state index is -4.85. The number of rotatable bonds is 2. The van der Waals surface area contributed by atoms with E-state index in [0.717, 1.165) is 23.1 Å². The third-order valence-electron chi connectivity index (χ3n) is 2.99. The van der Waals surface area contributed by atoms with Gasteiger partial charge in [0.05, 0.1) is 5.69 Å². The molecule has 7 heteroatoms. The number of nitrogens with zero attached hydrogens (tertiary/aromatic N) is 1. The Morgan fingerprint density at radius 1 is 1.37 bits per heavy atom. The van der Waals surface area contributed by atoms with Crippen molar-refractivity contribution < 1.29 is 22.4 Å². The van der Waals surface area contributed by atoms with Crippen molar-refractivity contribution in [1.82, 2.24) is 0 Å². The predicted octanol–water partition coefficient (Wildman–Crippen LogP) is 3.44. The summed E-state index contributed by atoms with van der Waals surface area (Å²) in [6.45, 7) is 0.0782. The monoisotopic (exact) mass is 295 g/mol. The van der Waals surface area contributed by atoms with Gasteiger partial charge in [-0.05, 0) is 18.1 Å². The van der Waals surface area contributed by atoms with Crippen molar-refractivity contribution in [2.24, 2.45) is 5.92 Å². The molecule has 0 saturated carbocycles. The van der Waals surface area contributed by atoms with E-state index < -0.39 is 29.2 Å². The lowest BCUT2D eigenvalue weighted by Crippen LogP contribution is -2.28. The van der Waals surface area contributed by atoms with E-state index in [-0.39, 0.29) is 24.8 Å². The van der Waals surface area contributed by atoms with Gasteiger partial charge in [-0.1, -0.05) is 6.07 Å². The van der Waals surface area contributed by atoms with Crippen LogP contribution in [0.3, 0.4) is 0 Å². The van der Waals surface area contributed by atoms with Crippen LogP contribution in [0, 0.1) is 11.7 Å². The van der Waals surface area contributed by atoms with Crippen LogP contribution >= 0.6 is 11.6 Å². The standard InChI is InChI=1S/C12H10ClF4NO/c13-5-7-4-10(19)18(6-7)9-3-1-2-8(14)11(9)12(15,16)17/h1-3,7H,4-6H2. The molecule has 0 aromatic heterocycles. The summed E-state index contributed by atoms with van der Waals surface area (Å²) in [4.78, 5) is 12.7. The smallest absolute Gasteiger partial charge is 0.311 e. The first-order valence-corrected chi connectivity index (χ1v) is 6.10. The first-order chi connectivity index (χ1) is 8.84. The summed E-state index contributed by atoms with van der Waals surface area (Å²) in [6.07, 6.45) is -4.77. The molecule has 1 atom stereocenters. The number of alkyl halides is 4. The van der Waals surface area contributed by atoms with E-state index in [9.17, 15) is 22.4 Å². The molecule has 104 valence electrons. The lowest BCUT2D eigenvalue weighted by Gasteiger charge is -2.21. The molecule has 19 heavy (non-hydrogen) atoms. The van der Waals surface area contributed by atoms with Gasteiger partial charge < -0.3 is 4.90 Å². The Hall–Kier alpha value is -1.30. The number of benzene rings is 1. The van der Waals surface area contributed by atoms with Gasteiger partial charge in [0.2, 0.25) is 5.91 Å². The highest BCUT2D eigenvalue weighted by Gasteiger charge is 2.41. The predicted molar refractivity (Wildman–Crippen MR) is 62.6 cm³/mol. The molecule has 0 radical (unpaired) electrons. The van der Waals surface area contributed by atoms with E-state index in [1.54, 1.807) is 0 Å². The average molecular weight is 296 g/mol. The molecule has 0 bridgehead atoms. The number of carbonyl (C=O) groups is 1. The molecule has 1 aliphatic heterocycles. The van der Waals surface area contributed by atoms with Gasteiger partial charge in [-0.3, -0.25) is 4.79 Å². The molecule has 2 rings (SSSR count).